The molecular formula is C36H28BaN6O12S2. The van der Waals surface area contributed by atoms with Crippen LogP contribution in [0.5, 0.6) is 11.5 Å². The van der Waals surface area contributed by atoms with Crippen LogP contribution in [0.4, 0.5) is 34.1 Å². The summed E-state index contributed by atoms with van der Waals surface area (Å²) in [5.74, 6) is -0.506. The van der Waals surface area contributed by atoms with Crippen molar-refractivity contribution in [1.82, 2.24) is 0 Å². The van der Waals surface area contributed by atoms with Crippen molar-refractivity contribution in [2.24, 2.45) is 20.5 Å². The smallest absolute Gasteiger partial charge is 0.744 e. The molecule has 0 aliphatic heterocycles. The number of azo groups is 2. The van der Waals surface area contributed by atoms with E-state index in [0.717, 1.165) is 12.1 Å². The van der Waals surface area contributed by atoms with Gasteiger partial charge in [-0.2, -0.15) is 10.2 Å². The number of benzene rings is 6. The first kappa shape index (κ1) is 44.5. The van der Waals surface area contributed by atoms with Gasteiger partial charge >= 0.3 is 48.9 Å². The van der Waals surface area contributed by atoms with Crippen LogP contribution >= 0.6 is 0 Å². The van der Waals surface area contributed by atoms with Gasteiger partial charge < -0.3 is 19.3 Å². The summed E-state index contributed by atoms with van der Waals surface area (Å²) >= 11 is 0. The summed E-state index contributed by atoms with van der Waals surface area (Å²) in [6.07, 6.45) is 0.937. The van der Waals surface area contributed by atoms with E-state index in [1.54, 1.807) is 26.0 Å². The number of aromatic hydroxyl groups is 2. The van der Waals surface area contributed by atoms with Crippen molar-refractivity contribution in [3.63, 3.8) is 0 Å². The maximum absolute atomic E-state index is 11.3. The first-order valence-corrected chi connectivity index (χ1v) is 19.0. The topological polar surface area (TPSA) is 291 Å². The van der Waals surface area contributed by atoms with Gasteiger partial charge in [-0.1, -0.05) is 38.1 Å². The van der Waals surface area contributed by atoms with Crippen LogP contribution in [0.1, 0.15) is 25.0 Å². The van der Waals surface area contributed by atoms with Gasteiger partial charge in [-0.25, -0.2) is 16.8 Å². The SMILES string of the molecule is CCc1cc([N+](=O)[O-])ccc1N=Nc1c(O)ccc2ccc(S(=O)(=O)[O-])cc12.CCc1cc([N+](=O)[O-])ccc1N=Nc1c(O)ccc2ccc(S(=O)(=O)[O-])cc12.[Ba+2]. The fraction of sp³-hybridized carbons (Fsp3) is 0.111. The standard InChI is InChI=1S/2C18H15N3O6S.Ba/c2*1-2-11-9-13(21(23)24)5-7-16(11)19-20-18-15-10-14(28(25,26)27)6-3-12(15)4-8-17(18)22;/h2*3-10,22H,2H2,1H3,(H,25,26,27);/q;;+2/p-2. The number of nitrogens with zero attached hydrogens (tertiary/aromatic N) is 6. The largest absolute Gasteiger partial charge is 2.00 e. The van der Waals surface area contributed by atoms with Gasteiger partial charge in [0.1, 0.15) is 43.1 Å². The number of nitro groups is 2. The van der Waals surface area contributed by atoms with E-state index in [1.807, 2.05) is 0 Å². The van der Waals surface area contributed by atoms with Gasteiger partial charge in [-0.05, 0) is 83.3 Å². The number of hydrogen-bond acceptors (Lipinski definition) is 16. The fourth-order valence-electron chi connectivity index (χ4n) is 5.40. The van der Waals surface area contributed by atoms with E-state index in [-0.39, 0.29) is 93.9 Å². The first-order valence-electron chi connectivity index (χ1n) is 16.2. The van der Waals surface area contributed by atoms with Crippen molar-refractivity contribution < 1.29 is 46.0 Å². The van der Waals surface area contributed by atoms with Crippen LogP contribution in [-0.2, 0) is 33.1 Å². The molecular weight excluding hydrogens is 910 g/mol. The normalized spacial score (nSPS) is 11.7. The molecule has 0 atom stereocenters. The van der Waals surface area contributed by atoms with Crippen molar-refractivity contribution in [1.29, 1.82) is 0 Å². The van der Waals surface area contributed by atoms with E-state index in [0.29, 0.717) is 46.1 Å². The van der Waals surface area contributed by atoms with Gasteiger partial charge in [0, 0.05) is 35.0 Å². The van der Waals surface area contributed by atoms with Crippen LogP contribution in [0.3, 0.4) is 0 Å². The first-order chi connectivity index (χ1) is 26.4. The fourth-order valence-corrected chi connectivity index (χ4v) is 6.40. The van der Waals surface area contributed by atoms with Crippen LogP contribution in [0.25, 0.3) is 21.5 Å². The number of non-ortho nitro benzene ring substituents is 2. The molecule has 0 radical (unpaired) electrons. The minimum Gasteiger partial charge on any atom is -0.744 e. The van der Waals surface area contributed by atoms with E-state index in [1.165, 1.54) is 72.8 Å². The Morgan fingerprint density at radius 3 is 1.21 bits per heavy atom. The van der Waals surface area contributed by atoms with Gasteiger partial charge in [-0.3, -0.25) is 20.2 Å². The van der Waals surface area contributed by atoms with Crippen LogP contribution in [0.15, 0.2) is 127 Å². The Balaban J connectivity index is 0.000000248. The molecule has 0 fully saturated rings. The maximum atomic E-state index is 11.3. The van der Waals surface area contributed by atoms with E-state index >= 15 is 0 Å². The average molecular weight is 938 g/mol. The number of phenolic OH excluding ortho intramolecular Hbond substituents is 2. The predicted molar refractivity (Wildman–Crippen MR) is 206 cm³/mol. The monoisotopic (exact) mass is 938 g/mol. The number of rotatable bonds is 10. The molecule has 21 heteroatoms. The summed E-state index contributed by atoms with van der Waals surface area (Å²) in [6, 6.07) is 21.6. The quantitative estimate of drug-likeness (QED) is 0.0431. The summed E-state index contributed by atoms with van der Waals surface area (Å²) in [6.45, 7) is 3.61. The molecule has 57 heavy (non-hydrogen) atoms. The van der Waals surface area contributed by atoms with Gasteiger partial charge in [0.05, 0.1) is 31.0 Å². The van der Waals surface area contributed by atoms with Crippen molar-refractivity contribution in [3.8, 4) is 11.5 Å². The maximum Gasteiger partial charge on any atom is 2.00 e. The number of hydrogen-bond donors (Lipinski definition) is 2. The van der Waals surface area contributed by atoms with Crippen molar-refractivity contribution in [2.75, 3.05) is 0 Å². The molecule has 0 bridgehead atoms. The Morgan fingerprint density at radius 2 is 0.895 bits per heavy atom. The third-order valence-corrected chi connectivity index (χ3v) is 9.95. The Kier molecular flexibility index (Phi) is 14.4. The molecule has 0 aliphatic carbocycles. The average Bonchev–Trinajstić information content (AvgIpc) is 3.16. The minimum atomic E-state index is -4.68. The van der Waals surface area contributed by atoms with Crippen LogP contribution < -0.4 is 0 Å². The van der Waals surface area contributed by atoms with E-state index in [2.05, 4.69) is 20.5 Å². The molecule has 288 valence electrons. The summed E-state index contributed by atoms with van der Waals surface area (Å²) in [4.78, 5) is 19.9. The zero-order valence-corrected chi connectivity index (χ0v) is 35.9. The van der Waals surface area contributed by atoms with Gasteiger partial charge in [0.25, 0.3) is 11.4 Å². The molecule has 0 aromatic heterocycles. The number of phenols is 2. The number of fused-ring (bicyclic) bond motifs is 2. The molecule has 18 nitrogen and oxygen atoms in total. The Hall–Kier alpha value is -5.17. The molecule has 2 N–H and O–H groups in total. The Morgan fingerprint density at radius 1 is 0.544 bits per heavy atom. The molecule has 6 aromatic carbocycles. The Labute approximate surface area is 364 Å². The minimum absolute atomic E-state index is 0. The zero-order valence-electron chi connectivity index (χ0n) is 29.8. The van der Waals surface area contributed by atoms with Gasteiger partial charge in [0.2, 0.25) is 0 Å². The second-order valence-electron chi connectivity index (χ2n) is 11.8. The molecule has 6 aromatic rings. The summed E-state index contributed by atoms with van der Waals surface area (Å²) in [7, 11) is -9.36. The molecule has 6 rings (SSSR count). The third kappa shape index (κ3) is 10.6. The van der Waals surface area contributed by atoms with Crippen LogP contribution in [0, 0.1) is 20.2 Å². The third-order valence-electron chi connectivity index (χ3n) is 8.29. The molecule has 0 saturated heterocycles. The molecule has 0 unspecified atom stereocenters. The summed E-state index contributed by atoms with van der Waals surface area (Å²) in [5, 5.41) is 59.9. The van der Waals surface area contributed by atoms with E-state index < -0.39 is 39.9 Å². The van der Waals surface area contributed by atoms with Crippen molar-refractivity contribution >= 4 is 125 Å². The second kappa shape index (κ2) is 18.4. The van der Waals surface area contributed by atoms with E-state index in [9.17, 15) is 56.4 Å². The van der Waals surface area contributed by atoms with Crippen LogP contribution in [0.2, 0.25) is 0 Å². The molecule has 0 heterocycles. The molecule has 0 amide bonds. The Bertz CT molecular complexity index is 2640. The number of aryl methyl sites for hydroxylation is 2. The van der Waals surface area contributed by atoms with Crippen molar-refractivity contribution in [2.45, 2.75) is 36.5 Å². The summed E-state index contributed by atoms with van der Waals surface area (Å²) in [5.41, 5.74) is 1.74. The van der Waals surface area contributed by atoms with Gasteiger partial charge in [-0.15, -0.1) is 10.2 Å². The molecule has 0 saturated carbocycles. The van der Waals surface area contributed by atoms with E-state index in [4.69, 9.17) is 0 Å². The van der Waals surface area contributed by atoms with Gasteiger partial charge in [0.15, 0.2) is 0 Å². The predicted octanol–water partition coefficient (Wildman–Crippen LogP) is 8.29. The summed E-state index contributed by atoms with van der Waals surface area (Å²) < 4.78 is 67.8. The molecule has 0 aliphatic rings. The number of nitro benzene ring substituents is 2. The van der Waals surface area contributed by atoms with Crippen molar-refractivity contribution in [3.05, 3.63) is 128 Å². The molecule has 0 spiro atoms. The zero-order chi connectivity index (χ0) is 40.9. The van der Waals surface area contributed by atoms with Crippen LogP contribution in [-0.4, -0.2) is 94.9 Å². The second-order valence-corrected chi connectivity index (χ2v) is 14.5.